The Balaban J connectivity index is 1.72. The zero-order chi connectivity index (χ0) is 18.9. The van der Waals surface area contributed by atoms with Crippen molar-refractivity contribution in [2.24, 2.45) is 10.9 Å². The highest BCUT2D eigenvalue weighted by Crippen LogP contribution is 2.18. The highest BCUT2D eigenvalue weighted by atomic mass is 79.9. The highest BCUT2D eigenvalue weighted by Gasteiger charge is 2.26. The molecule has 0 atom stereocenters. The van der Waals surface area contributed by atoms with Gasteiger partial charge in [-0.1, -0.05) is 15.9 Å². The molecule has 1 saturated heterocycles. The molecule has 1 aliphatic heterocycles. The molecule has 2 N–H and O–H groups in total. The van der Waals surface area contributed by atoms with Crippen LogP contribution in [-0.4, -0.2) is 63.1 Å². The standard InChI is InChI=1S/C18H25BrN4O3/c1-20-18(23-11-7-14(8-12-23)17(25)26-2)22-10-9-21-16(24)13-3-5-15(19)6-4-13/h3-6,14H,7-12H2,1-2H3,(H,20,22)(H,21,24). The van der Waals surface area contributed by atoms with Crippen LogP contribution in [0.4, 0.5) is 0 Å². The summed E-state index contributed by atoms with van der Waals surface area (Å²) in [6.07, 6.45) is 1.52. The van der Waals surface area contributed by atoms with Crippen molar-refractivity contribution >= 4 is 33.8 Å². The monoisotopic (exact) mass is 424 g/mol. The Bertz CT molecular complexity index is 640. The molecule has 1 fully saturated rings. The van der Waals surface area contributed by atoms with Crippen LogP contribution in [-0.2, 0) is 9.53 Å². The number of methoxy groups -OCH3 is 1. The van der Waals surface area contributed by atoms with E-state index in [9.17, 15) is 9.59 Å². The fraction of sp³-hybridized carbons (Fsp3) is 0.500. The molecule has 7 nitrogen and oxygen atoms in total. The molecular weight excluding hydrogens is 400 g/mol. The summed E-state index contributed by atoms with van der Waals surface area (Å²) in [7, 11) is 3.16. The lowest BCUT2D eigenvalue weighted by molar-refractivity contribution is -0.146. The summed E-state index contributed by atoms with van der Waals surface area (Å²) in [6.45, 7) is 2.58. The minimum atomic E-state index is -0.136. The Morgan fingerprint density at radius 2 is 1.81 bits per heavy atom. The van der Waals surface area contributed by atoms with Gasteiger partial charge in [-0.05, 0) is 37.1 Å². The number of benzene rings is 1. The molecule has 0 unspecified atom stereocenters. The third kappa shape index (κ3) is 5.72. The molecule has 1 aromatic rings. The topological polar surface area (TPSA) is 83.0 Å². The lowest BCUT2D eigenvalue weighted by atomic mass is 9.97. The first-order valence-electron chi connectivity index (χ1n) is 8.62. The minimum absolute atomic E-state index is 0.0282. The molecule has 1 aromatic carbocycles. The number of amides is 1. The molecule has 0 aliphatic carbocycles. The number of ether oxygens (including phenoxy) is 1. The summed E-state index contributed by atoms with van der Waals surface area (Å²) >= 11 is 3.35. The van der Waals surface area contributed by atoms with E-state index in [1.54, 1.807) is 19.2 Å². The summed E-state index contributed by atoms with van der Waals surface area (Å²) in [5.41, 5.74) is 0.627. The van der Waals surface area contributed by atoms with Gasteiger partial charge in [0.25, 0.3) is 5.91 Å². The van der Waals surface area contributed by atoms with Gasteiger partial charge in [0.1, 0.15) is 0 Å². The number of halogens is 1. The molecule has 2 rings (SSSR count). The first-order chi connectivity index (χ1) is 12.5. The molecule has 1 aliphatic rings. The van der Waals surface area contributed by atoms with Crippen molar-refractivity contribution in [3.63, 3.8) is 0 Å². The lowest BCUT2D eigenvalue weighted by Gasteiger charge is -2.33. The summed E-state index contributed by atoms with van der Waals surface area (Å²) < 4.78 is 5.75. The van der Waals surface area contributed by atoms with E-state index < -0.39 is 0 Å². The van der Waals surface area contributed by atoms with Gasteiger partial charge in [0.2, 0.25) is 0 Å². The van der Waals surface area contributed by atoms with Crippen LogP contribution in [0.15, 0.2) is 33.7 Å². The van der Waals surface area contributed by atoms with Gasteiger partial charge in [-0.15, -0.1) is 0 Å². The molecule has 0 bridgehead atoms. The second-order valence-corrected chi connectivity index (χ2v) is 6.94. The zero-order valence-electron chi connectivity index (χ0n) is 15.1. The maximum absolute atomic E-state index is 12.1. The van der Waals surface area contributed by atoms with Crippen LogP contribution in [0.1, 0.15) is 23.2 Å². The van der Waals surface area contributed by atoms with E-state index in [-0.39, 0.29) is 17.8 Å². The number of carbonyl (C=O) groups excluding carboxylic acids is 2. The smallest absolute Gasteiger partial charge is 0.308 e. The van der Waals surface area contributed by atoms with Crippen molar-refractivity contribution in [1.29, 1.82) is 0 Å². The molecule has 1 amide bonds. The maximum atomic E-state index is 12.1. The van der Waals surface area contributed by atoms with E-state index in [1.165, 1.54) is 7.11 Å². The number of nitrogens with one attached hydrogen (secondary N) is 2. The molecule has 0 saturated carbocycles. The normalized spacial score (nSPS) is 15.5. The summed E-state index contributed by atoms with van der Waals surface area (Å²) in [5.74, 6) is 0.516. The van der Waals surface area contributed by atoms with E-state index in [2.05, 4.69) is 36.5 Å². The lowest BCUT2D eigenvalue weighted by Crippen LogP contribution is -2.48. The molecule has 1 heterocycles. The highest BCUT2D eigenvalue weighted by molar-refractivity contribution is 9.10. The summed E-state index contributed by atoms with van der Waals surface area (Å²) in [4.78, 5) is 30.1. The number of carbonyl (C=O) groups is 2. The predicted molar refractivity (Wildman–Crippen MR) is 104 cm³/mol. The van der Waals surface area contributed by atoms with Crippen LogP contribution in [0.5, 0.6) is 0 Å². The number of rotatable bonds is 5. The van der Waals surface area contributed by atoms with Crippen molar-refractivity contribution < 1.29 is 14.3 Å². The Morgan fingerprint density at radius 3 is 2.38 bits per heavy atom. The van der Waals surface area contributed by atoms with E-state index in [0.717, 1.165) is 36.4 Å². The molecule has 0 aromatic heterocycles. The Labute approximate surface area is 162 Å². The number of nitrogens with zero attached hydrogens (tertiary/aromatic N) is 2. The Kier molecular flexibility index (Phi) is 7.90. The van der Waals surface area contributed by atoms with Gasteiger partial charge in [0, 0.05) is 43.3 Å². The average molecular weight is 425 g/mol. The van der Waals surface area contributed by atoms with Crippen molar-refractivity contribution in [2.75, 3.05) is 40.3 Å². The SMILES string of the molecule is CN=C(NCCNC(=O)c1ccc(Br)cc1)N1CCC(C(=O)OC)CC1. The van der Waals surface area contributed by atoms with Gasteiger partial charge in [-0.3, -0.25) is 14.6 Å². The molecule has 8 heteroatoms. The van der Waals surface area contributed by atoms with E-state index in [4.69, 9.17) is 4.74 Å². The Morgan fingerprint density at radius 1 is 1.19 bits per heavy atom. The van der Waals surface area contributed by atoms with Gasteiger partial charge in [-0.2, -0.15) is 0 Å². The number of aliphatic imine (C=N–C) groups is 1. The van der Waals surface area contributed by atoms with Crippen molar-refractivity contribution in [1.82, 2.24) is 15.5 Å². The summed E-state index contributed by atoms with van der Waals surface area (Å²) in [5, 5.41) is 6.13. The molecule has 26 heavy (non-hydrogen) atoms. The Hall–Kier alpha value is -2.09. The van der Waals surface area contributed by atoms with Crippen LogP contribution >= 0.6 is 15.9 Å². The van der Waals surface area contributed by atoms with Crippen molar-refractivity contribution in [3.05, 3.63) is 34.3 Å². The molecule has 142 valence electrons. The minimum Gasteiger partial charge on any atom is -0.469 e. The fourth-order valence-corrected chi connectivity index (χ4v) is 3.14. The van der Waals surface area contributed by atoms with Gasteiger partial charge >= 0.3 is 5.97 Å². The number of esters is 1. The van der Waals surface area contributed by atoms with Crippen LogP contribution < -0.4 is 10.6 Å². The van der Waals surface area contributed by atoms with Crippen LogP contribution in [0.3, 0.4) is 0 Å². The van der Waals surface area contributed by atoms with Gasteiger partial charge in [0.15, 0.2) is 5.96 Å². The van der Waals surface area contributed by atoms with E-state index >= 15 is 0 Å². The molecule has 0 spiro atoms. The van der Waals surface area contributed by atoms with Gasteiger partial charge in [0.05, 0.1) is 13.0 Å². The second kappa shape index (κ2) is 10.2. The predicted octanol–water partition coefficient (Wildman–Crippen LogP) is 1.64. The van der Waals surface area contributed by atoms with Crippen LogP contribution in [0.25, 0.3) is 0 Å². The van der Waals surface area contributed by atoms with Crippen molar-refractivity contribution in [3.8, 4) is 0 Å². The molecule has 0 radical (unpaired) electrons. The van der Waals surface area contributed by atoms with Crippen LogP contribution in [0.2, 0.25) is 0 Å². The van der Waals surface area contributed by atoms with Gasteiger partial charge < -0.3 is 20.3 Å². The first-order valence-corrected chi connectivity index (χ1v) is 9.41. The number of likely N-dealkylation sites (tertiary alicyclic amines) is 1. The van der Waals surface area contributed by atoms with Crippen molar-refractivity contribution in [2.45, 2.75) is 12.8 Å². The van der Waals surface area contributed by atoms with Crippen LogP contribution in [0, 0.1) is 5.92 Å². The number of piperidine rings is 1. The maximum Gasteiger partial charge on any atom is 0.308 e. The third-order valence-electron chi connectivity index (χ3n) is 4.34. The largest absolute Gasteiger partial charge is 0.469 e. The van der Waals surface area contributed by atoms with E-state index in [0.29, 0.717) is 18.7 Å². The number of hydrogen-bond acceptors (Lipinski definition) is 4. The second-order valence-electron chi connectivity index (χ2n) is 6.02. The third-order valence-corrected chi connectivity index (χ3v) is 4.87. The summed E-state index contributed by atoms with van der Waals surface area (Å²) in [6, 6.07) is 7.23. The average Bonchev–Trinajstić information content (AvgIpc) is 2.68. The zero-order valence-corrected chi connectivity index (χ0v) is 16.7. The van der Waals surface area contributed by atoms with Gasteiger partial charge in [-0.25, -0.2) is 0 Å². The fourth-order valence-electron chi connectivity index (χ4n) is 2.88. The quantitative estimate of drug-likeness (QED) is 0.325. The molecular formula is C18H25BrN4O3. The number of guanidine groups is 1. The van der Waals surface area contributed by atoms with E-state index in [1.807, 2.05) is 12.1 Å². The first kappa shape index (κ1) is 20.2. The number of hydrogen-bond donors (Lipinski definition) is 2.